The zero-order chi connectivity index (χ0) is 16.2. The van der Waals surface area contributed by atoms with Gasteiger partial charge < -0.3 is 14.5 Å². The number of nitrogens with one attached hydrogen (secondary N) is 1. The van der Waals surface area contributed by atoms with E-state index in [1.807, 2.05) is 32.0 Å². The van der Waals surface area contributed by atoms with E-state index >= 15 is 0 Å². The lowest BCUT2D eigenvalue weighted by Gasteiger charge is -2.09. The van der Waals surface area contributed by atoms with Crippen LogP contribution in [0.1, 0.15) is 21.7 Å². The van der Waals surface area contributed by atoms with Gasteiger partial charge in [-0.25, -0.2) is 4.98 Å². The molecule has 0 bridgehead atoms. The van der Waals surface area contributed by atoms with E-state index in [1.54, 1.807) is 30.5 Å². The van der Waals surface area contributed by atoms with Gasteiger partial charge in [-0.2, -0.15) is 0 Å². The summed E-state index contributed by atoms with van der Waals surface area (Å²) in [7, 11) is 0. The van der Waals surface area contributed by atoms with Gasteiger partial charge in [0, 0.05) is 6.07 Å². The van der Waals surface area contributed by atoms with Crippen molar-refractivity contribution in [2.24, 2.45) is 0 Å². The minimum Gasteiger partial charge on any atom is -0.459 e. The Morgan fingerprint density at radius 2 is 2.04 bits per heavy atom. The van der Waals surface area contributed by atoms with Gasteiger partial charge in [0.15, 0.2) is 5.76 Å². The summed E-state index contributed by atoms with van der Waals surface area (Å²) >= 11 is 0. The lowest BCUT2D eigenvalue weighted by Crippen LogP contribution is -2.10. The highest BCUT2D eigenvalue weighted by atomic mass is 16.5. The van der Waals surface area contributed by atoms with Crippen molar-refractivity contribution in [3.63, 3.8) is 0 Å². The Morgan fingerprint density at radius 3 is 2.70 bits per heavy atom. The average Bonchev–Trinajstić information content (AvgIpc) is 3.06. The van der Waals surface area contributed by atoms with Crippen LogP contribution in [0.25, 0.3) is 0 Å². The quantitative estimate of drug-likeness (QED) is 0.779. The third-order valence-electron chi connectivity index (χ3n) is 3.28. The first-order valence-electron chi connectivity index (χ1n) is 7.18. The first kappa shape index (κ1) is 14.8. The van der Waals surface area contributed by atoms with Crippen LogP contribution in [0, 0.1) is 13.8 Å². The predicted octanol–water partition coefficient (Wildman–Crippen LogP) is 4.34. The molecule has 116 valence electrons. The molecule has 5 nitrogen and oxygen atoms in total. The molecule has 0 saturated heterocycles. The number of hydrogen-bond acceptors (Lipinski definition) is 4. The van der Waals surface area contributed by atoms with E-state index in [9.17, 15) is 4.79 Å². The minimum atomic E-state index is -0.320. The number of hydrogen-bond donors (Lipinski definition) is 1. The first-order valence-corrected chi connectivity index (χ1v) is 7.18. The molecule has 0 aliphatic heterocycles. The van der Waals surface area contributed by atoms with Gasteiger partial charge in [-0.1, -0.05) is 17.7 Å². The minimum absolute atomic E-state index is 0.251. The van der Waals surface area contributed by atoms with Crippen LogP contribution >= 0.6 is 0 Å². The fourth-order valence-electron chi connectivity index (χ4n) is 2.14. The maximum absolute atomic E-state index is 11.9. The Hall–Kier alpha value is -3.08. The summed E-state index contributed by atoms with van der Waals surface area (Å²) in [6, 6.07) is 12.6. The van der Waals surface area contributed by atoms with Crippen LogP contribution in [-0.2, 0) is 0 Å². The average molecular weight is 308 g/mol. The molecule has 2 aromatic heterocycles. The molecule has 0 unspecified atom stereocenters. The van der Waals surface area contributed by atoms with Crippen molar-refractivity contribution in [1.29, 1.82) is 0 Å². The van der Waals surface area contributed by atoms with Gasteiger partial charge in [0.2, 0.25) is 5.88 Å². The van der Waals surface area contributed by atoms with Crippen LogP contribution < -0.4 is 10.1 Å². The van der Waals surface area contributed by atoms with Crippen molar-refractivity contribution in [3.8, 4) is 11.6 Å². The summed E-state index contributed by atoms with van der Waals surface area (Å²) in [5, 5.41) is 2.70. The molecule has 1 aromatic carbocycles. The molecule has 0 atom stereocenters. The molecule has 2 heterocycles. The second-order valence-electron chi connectivity index (χ2n) is 5.19. The zero-order valence-electron chi connectivity index (χ0n) is 12.9. The van der Waals surface area contributed by atoms with E-state index in [1.165, 1.54) is 11.8 Å². The SMILES string of the molecule is Cc1ccc(Oc2ccc(NC(=O)c3ccco3)cn2)c(C)c1. The maximum atomic E-state index is 11.9. The topological polar surface area (TPSA) is 64.4 Å². The number of pyridine rings is 1. The highest BCUT2D eigenvalue weighted by Gasteiger charge is 2.09. The smallest absolute Gasteiger partial charge is 0.291 e. The van der Waals surface area contributed by atoms with Crippen LogP contribution in [0.15, 0.2) is 59.3 Å². The van der Waals surface area contributed by atoms with Crippen molar-refractivity contribution in [1.82, 2.24) is 4.98 Å². The number of carbonyl (C=O) groups is 1. The highest BCUT2D eigenvalue weighted by Crippen LogP contribution is 2.25. The van der Waals surface area contributed by atoms with E-state index in [0.717, 1.165) is 11.3 Å². The molecule has 0 spiro atoms. The van der Waals surface area contributed by atoms with E-state index < -0.39 is 0 Å². The summed E-state index contributed by atoms with van der Waals surface area (Å²) in [5.74, 6) is 1.16. The van der Waals surface area contributed by atoms with Gasteiger partial charge in [0.1, 0.15) is 5.75 Å². The van der Waals surface area contributed by atoms with Crippen molar-refractivity contribution in [2.45, 2.75) is 13.8 Å². The number of furan rings is 1. The van der Waals surface area contributed by atoms with Gasteiger partial charge in [-0.05, 0) is 43.7 Å². The molecule has 1 amide bonds. The second-order valence-corrected chi connectivity index (χ2v) is 5.19. The van der Waals surface area contributed by atoms with Crippen LogP contribution in [0.3, 0.4) is 0 Å². The van der Waals surface area contributed by atoms with Crippen LogP contribution in [-0.4, -0.2) is 10.9 Å². The third-order valence-corrected chi connectivity index (χ3v) is 3.28. The number of nitrogens with zero attached hydrogens (tertiary/aromatic N) is 1. The lowest BCUT2D eigenvalue weighted by molar-refractivity contribution is 0.0996. The van der Waals surface area contributed by atoms with Gasteiger partial charge in [0.25, 0.3) is 5.91 Å². The molecule has 3 aromatic rings. The first-order chi connectivity index (χ1) is 11.1. The van der Waals surface area contributed by atoms with Crippen molar-refractivity contribution < 1.29 is 13.9 Å². The number of anilines is 1. The van der Waals surface area contributed by atoms with Crippen LogP contribution in [0.4, 0.5) is 5.69 Å². The van der Waals surface area contributed by atoms with Crippen molar-refractivity contribution in [2.75, 3.05) is 5.32 Å². The fraction of sp³-hybridized carbons (Fsp3) is 0.111. The summed E-state index contributed by atoms with van der Waals surface area (Å²) in [4.78, 5) is 16.1. The van der Waals surface area contributed by atoms with E-state index in [-0.39, 0.29) is 11.7 Å². The highest BCUT2D eigenvalue weighted by molar-refractivity contribution is 6.02. The second kappa shape index (κ2) is 6.36. The van der Waals surface area contributed by atoms with Crippen LogP contribution in [0.5, 0.6) is 11.6 Å². The molecular formula is C18H16N2O3. The van der Waals surface area contributed by atoms with Crippen molar-refractivity contribution in [3.05, 3.63) is 71.8 Å². The number of rotatable bonds is 4. The molecule has 0 saturated carbocycles. The standard InChI is InChI=1S/C18H16N2O3/c1-12-5-7-15(13(2)10-12)23-17-8-6-14(11-19-17)20-18(21)16-4-3-9-22-16/h3-11H,1-2H3,(H,20,21). The van der Waals surface area contributed by atoms with Gasteiger partial charge >= 0.3 is 0 Å². The molecule has 3 rings (SSSR count). The molecule has 0 radical (unpaired) electrons. The predicted molar refractivity (Wildman–Crippen MR) is 86.9 cm³/mol. The monoisotopic (exact) mass is 308 g/mol. The molecule has 23 heavy (non-hydrogen) atoms. The van der Waals surface area contributed by atoms with Crippen molar-refractivity contribution >= 4 is 11.6 Å². The molecule has 0 fully saturated rings. The zero-order valence-corrected chi connectivity index (χ0v) is 12.9. The molecular weight excluding hydrogens is 292 g/mol. The summed E-state index contributed by atoms with van der Waals surface area (Å²) < 4.78 is 10.8. The summed E-state index contributed by atoms with van der Waals surface area (Å²) in [6.07, 6.45) is 2.99. The third kappa shape index (κ3) is 3.58. The van der Waals surface area contributed by atoms with Gasteiger partial charge in [0.05, 0.1) is 18.1 Å². The van der Waals surface area contributed by atoms with E-state index in [2.05, 4.69) is 10.3 Å². The number of aryl methyl sites for hydroxylation is 2. The summed E-state index contributed by atoms with van der Waals surface area (Å²) in [5.41, 5.74) is 2.79. The Balaban J connectivity index is 1.68. The van der Waals surface area contributed by atoms with E-state index in [0.29, 0.717) is 11.6 Å². The molecule has 0 aliphatic carbocycles. The number of ether oxygens (including phenoxy) is 1. The maximum Gasteiger partial charge on any atom is 0.291 e. The van der Waals surface area contributed by atoms with E-state index in [4.69, 9.17) is 9.15 Å². The summed E-state index contributed by atoms with van der Waals surface area (Å²) in [6.45, 7) is 4.02. The van der Waals surface area contributed by atoms with Gasteiger partial charge in [-0.3, -0.25) is 4.79 Å². The largest absolute Gasteiger partial charge is 0.459 e. The molecule has 1 N–H and O–H groups in total. The fourth-order valence-corrected chi connectivity index (χ4v) is 2.14. The number of carbonyl (C=O) groups excluding carboxylic acids is 1. The Morgan fingerprint density at radius 1 is 1.17 bits per heavy atom. The number of benzene rings is 1. The van der Waals surface area contributed by atoms with Crippen LogP contribution in [0.2, 0.25) is 0 Å². The molecule has 0 aliphatic rings. The Kier molecular flexibility index (Phi) is 4.10. The normalized spacial score (nSPS) is 10.3. The number of amides is 1. The Labute approximate surface area is 133 Å². The van der Waals surface area contributed by atoms with Gasteiger partial charge in [-0.15, -0.1) is 0 Å². The molecule has 5 heteroatoms. The number of aromatic nitrogens is 1. The Bertz CT molecular complexity index is 809. The lowest BCUT2D eigenvalue weighted by atomic mass is 10.1.